The van der Waals surface area contributed by atoms with E-state index in [-0.39, 0.29) is 20.6 Å². The summed E-state index contributed by atoms with van der Waals surface area (Å²) < 4.78 is 51.0. The van der Waals surface area contributed by atoms with Crippen molar-refractivity contribution in [3.8, 4) is 0 Å². The third kappa shape index (κ3) is 94.1. The quantitative estimate of drug-likeness (QED) is 0.0450. The van der Waals surface area contributed by atoms with Crippen LogP contribution in [0.4, 0.5) is 0 Å². The van der Waals surface area contributed by atoms with Crippen molar-refractivity contribution in [3.05, 3.63) is 0 Å². The van der Waals surface area contributed by atoms with E-state index in [0.29, 0.717) is 92.4 Å². The number of rotatable bonds is 35. The van der Waals surface area contributed by atoms with Crippen molar-refractivity contribution in [2.75, 3.05) is 163 Å². The summed E-state index contributed by atoms with van der Waals surface area (Å²) in [6.45, 7) is 24.8. The number of aliphatic hydroxyl groups is 2. The van der Waals surface area contributed by atoms with Crippen LogP contribution in [0.3, 0.4) is 0 Å². The number of nitrogens with two attached hydrogens (primary N) is 1. The van der Waals surface area contributed by atoms with E-state index >= 15 is 0 Å². The largest absolute Gasteiger partial charge is 0.394 e. The van der Waals surface area contributed by atoms with Gasteiger partial charge in [0.15, 0.2) is 0 Å². The minimum absolute atomic E-state index is 0. The van der Waals surface area contributed by atoms with E-state index in [1.165, 1.54) is 0 Å². The second-order valence-corrected chi connectivity index (χ2v) is 10.7. The van der Waals surface area contributed by atoms with Crippen LogP contribution in [0, 0.1) is 0 Å². The van der Waals surface area contributed by atoms with Gasteiger partial charge in [-0.25, -0.2) is 0 Å². The maximum Gasteiger partial charge on any atom is 0.0701 e. The summed E-state index contributed by atoms with van der Waals surface area (Å²) in [5, 5.41) is 16.6. The lowest BCUT2D eigenvalue weighted by molar-refractivity contribution is 0.0333. The van der Waals surface area contributed by atoms with Gasteiger partial charge in [-0.05, 0) is 32.1 Å². The molecule has 0 aliphatic heterocycles. The molecule has 15 heteroatoms. The van der Waals surface area contributed by atoms with Crippen LogP contribution in [-0.4, -0.2) is 174 Å². The van der Waals surface area contributed by atoms with E-state index in [1.54, 1.807) is 0 Å². The maximum absolute atomic E-state index is 8.30. The molecule has 13 nitrogen and oxygen atoms in total. The normalized spacial score (nSPS) is 10.0. The third-order valence-electron chi connectivity index (χ3n) is 4.81. The molecule has 0 spiro atoms. The molecular formula is C36H85NO12S2. The zero-order valence-electron chi connectivity index (χ0n) is 32.7. The Labute approximate surface area is 325 Å². The molecule has 51 heavy (non-hydrogen) atoms. The Morgan fingerprint density at radius 2 is 0.529 bits per heavy atom. The molecule has 0 saturated carbocycles. The van der Waals surface area contributed by atoms with Crippen molar-refractivity contribution in [3.63, 3.8) is 0 Å². The number of ether oxygens (including phenoxy) is 10. The Bertz CT molecular complexity index is 351. The Balaban J connectivity index is -0.000000123. The van der Waals surface area contributed by atoms with Crippen LogP contribution in [0.15, 0.2) is 0 Å². The van der Waals surface area contributed by atoms with Crippen LogP contribution >= 0.6 is 25.3 Å². The van der Waals surface area contributed by atoms with Gasteiger partial charge in [0, 0.05) is 51.1 Å². The highest BCUT2D eigenvalue weighted by Gasteiger charge is 1.89. The summed E-state index contributed by atoms with van der Waals surface area (Å²) >= 11 is 8.00. The van der Waals surface area contributed by atoms with Gasteiger partial charge in [0.1, 0.15) is 0 Å². The summed E-state index contributed by atoms with van der Waals surface area (Å²) in [6, 6.07) is 0. The minimum Gasteiger partial charge on any atom is -0.394 e. The molecule has 0 saturated heterocycles. The molecule has 0 aromatic carbocycles. The van der Waals surface area contributed by atoms with E-state index in [0.717, 1.165) is 89.9 Å². The van der Waals surface area contributed by atoms with E-state index in [1.807, 2.05) is 0 Å². The van der Waals surface area contributed by atoms with Crippen LogP contribution < -0.4 is 5.73 Å². The SMILES string of the molecule is C.CCCOCCOCCN.CCCOCCOCCO.CCCOCCOCCO.CCCOCCOCCS.CCCOCCOCCS. The van der Waals surface area contributed by atoms with Gasteiger partial charge in [0.05, 0.1) is 112 Å². The average Bonchev–Trinajstić information content (AvgIpc) is 3.13. The molecule has 0 aliphatic carbocycles. The molecule has 0 aliphatic rings. The van der Waals surface area contributed by atoms with E-state index < -0.39 is 0 Å². The first kappa shape index (κ1) is 63.1. The maximum atomic E-state index is 8.30. The number of hydrogen-bond acceptors (Lipinski definition) is 15. The van der Waals surface area contributed by atoms with Gasteiger partial charge in [-0.3, -0.25) is 0 Å². The second kappa shape index (κ2) is 75.2. The smallest absolute Gasteiger partial charge is 0.0701 e. The topological polar surface area (TPSA) is 159 Å². The van der Waals surface area contributed by atoms with Gasteiger partial charge >= 0.3 is 0 Å². The first-order chi connectivity index (χ1) is 24.6. The van der Waals surface area contributed by atoms with Gasteiger partial charge < -0.3 is 63.3 Å². The van der Waals surface area contributed by atoms with Crippen LogP contribution in [0.1, 0.15) is 74.1 Å². The number of hydrogen-bond donors (Lipinski definition) is 5. The fraction of sp³-hybridized carbons (Fsp3) is 1.00. The fourth-order valence-corrected chi connectivity index (χ4v) is 2.93. The minimum atomic E-state index is 0. The van der Waals surface area contributed by atoms with Crippen LogP contribution in [-0.2, 0) is 47.4 Å². The standard InChI is InChI=1S/C7H17NO2.2C7H16O3.2C7H16O2S.CH4/c3*1-2-4-9-6-7-10-5-3-8;2*1-2-3-8-4-5-9-6-7-10;/h2-8H2,1H3;2*8H,2-7H2,1H3;2*10H,2-7H2,1H3;1H4. The number of aliphatic hydroxyl groups excluding tert-OH is 2. The molecule has 0 aromatic heterocycles. The van der Waals surface area contributed by atoms with Crippen LogP contribution in [0.5, 0.6) is 0 Å². The van der Waals surface area contributed by atoms with Gasteiger partial charge in [-0.15, -0.1) is 0 Å². The zero-order chi connectivity index (χ0) is 38.3. The number of thiol groups is 2. The zero-order valence-corrected chi connectivity index (χ0v) is 34.5. The predicted octanol–water partition coefficient (Wildman–Crippen LogP) is 4.59. The highest BCUT2D eigenvalue weighted by molar-refractivity contribution is 7.80. The Morgan fingerprint density at radius 3 is 0.706 bits per heavy atom. The summed E-state index contributed by atoms with van der Waals surface area (Å²) in [5.41, 5.74) is 5.20. The summed E-state index contributed by atoms with van der Waals surface area (Å²) in [7, 11) is 0. The predicted molar refractivity (Wildman–Crippen MR) is 217 cm³/mol. The summed E-state index contributed by atoms with van der Waals surface area (Å²) in [6.07, 6.45) is 5.30. The van der Waals surface area contributed by atoms with E-state index in [9.17, 15) is 0 Å². The average molecular weight is 788 g/mol. The molecule has 0 unspecified atom stereocenters. The van der Waals surface area contributed by atoms with Crippen LogP contribution in [0.2, 0.25) is 0 Å². The molecule has 4 N–H and O–H groups in total. The fourth-order valence-electron chi connectivity index (χ4n) is 2.67. The molecule has 0 bridgehead atoms. The molecule has 0 rings (SSSR count). The molecular weight excluding hydrogens is 703 g/mol. The van der Waals surface area contributed by atoms with Crippen LogP contribution in [0.25, 0.3) is 0 Å². The molecule has 0 radical (unpaired) electrons. The lowest BCUT2D eigenvalue weighted by Gasteiger charge is -2.02. The molecule has 0 amide bonds. The molecule has 318 valence electrons. The third-order valence-corrected chi connectivity index (χ3v) is 5.17. The first-order valence-corrected chi connectivity index (χ1v) is 19.7. The van der Waals surface area contributed by atoms with Gasteiger partial charge in [0.25, 0.3) is 0 Å². The summed E-state index contributed by atoms with van der Waals surface area (Å²) in [4.78, 5) is 0. The summed E-state index contributed by atoms with van der Waals surface area (Å²) in [5.74, 6) is 1.57. The second-order valence-electron chi connectivity index (χ2n) is 9.81. The lowest BCUT2D eigenvalue weighted by Crippen LogP contribution is -2.12. The Morgan fingerprint density at radius 1 is 0.333 bits per heavy atom. The van der Waals surface area contributed by atoms with Crippen molar-refractivity contribution >= 4 is 25.3 Å². The highest BCUT2D eigenvalue weighted by Crippen LogP contribution is 1.85. The van der Waals surface area contributed by atoms with E-state index in [4.69, 9.17) is 63.3 Å². The van der Waals surface area contributed by atoms with Crippen molar-refractivity contribution in [1.29, 1.82) is 0 Å². The van der Waals surface area contributed by atoms with Crippen molar-refractivity contribution in [2.45, 2.75) is 74.1 Å². The van der Waals surface area contributed by atoms with Gasteiger partial charge in [-0.1, -0.05) is 42.0 Å². The molecule has 0 heterocycles. The van der Waals surface area contributed by atoms with Crippen molar-refractivity contribution < 1.29 is 57.6 Å². The highest BCUT2D eigenvalue weighted by atomic mass is 32.1. The Hall–Kier alpha value is 0.180. The lowest BCUT2D eigenvalue weighted by atomic mass is 10.5. The van der Waals surface area contributed by atoms with Gasteiger partial charge in [0.2, 0.25) is 0 Å². The van der Waals surface area contributed by atoms with Crippen molar-refractivity contribution in [2.24, 2.45) is 5.73 Å². The van der Waals surface area contributed by atoms with Gasteiger partial charge in [-0.2, -0.15) is 25.3 Å². The molecule has 0 atom stereocenters. The monoisotopic (exact) mass is 788 g/mol. The molecule has 0 aromatic rings. The van der Waals surface area contributed by atoms with E-state index in [2.05, 4.69) is 59.9 Å². The molecule has 0 fully saturated rings. The van der Waals surface area contributed by atoms with Crippen molar-refractivity contribution in [1.82, 2.24) is 0 Å². The first-order valence-electron chi connectivity index (χ1n) is 18.5. The Kier molecular flexibility index (Phi) is 93.1.